The zero-order valence-electron chi connectivity index (χ0n) is 16.1. The number of hydrogen-bond acceptors (Lipinski definition) is 4. The summed E-state index contributed by atoms with van der Waals surface area (Å²) in [5.74, 6) is -1.71. The maximum atomic E-state index is 14.1. The van der Waals surface area contributed by atoms with Gasteiger partial charge in [0, 0.05) is 42.8 Å². The molecule has 0 aliphatic heterocycles. The van der Waals surface area contributed by atoms with E-state index < -0.39 is 21.5 Å². The van der Waals surface area contributed by atoms with Crippen molar-refractivity contribution in [2.45, 2.75) is 12.7 Å². The summed E-state index contributed by atoms with van der Waals surface area (Å²) in [5.41, 5.74) is 2.07. The number of sulfone groups is 1. The number of nitrogens with zero attached hydrogens (tertiary/aromatic N) is 1. The van der Waals surface area contributed by atoms with Crippen molar-refractivity contribution in [2.75, 3.05) is 6.26 Å². The van der Waals surface area contributed by atoms with Gasteiger partial charge < -0.3 is 9.30 Å². The van der Waals surface area contributed by atoms with E-state index in [4.69, 9.17) is 4.74 Å². The van der Waals surface area contributed by atoms with Crippen LogP contribution in [-0.4, -0.2) is 19.2 Å². The maximum Gasteiger partial charge on any atom is 0.250 e. The van der Waals surface area contributed by atoms with Crippen LogP contribution in [0.15, 0.2) is 53.5 Å². The molecule has 0 saturated carbocycles. The fourth-order valence-electron chi connectivity index (χ4n) is 2.95. The second-order valence-electron chi connectivity index (χ2n) is 6.90. The molecular weight excluding hydrogens is 400 g/mol. The molecular formula is C21H19F2NO4S. The highest BCUT2D eigenvalue weighted by Gasteiger charge is 2.16. The number of halogens is 2. The summed E-state index contributed by atoms with van der Waals surface area (Å²) < 4.78 is 57.7. The Morgan fingerprint density at radius 3 is 2.34 bits per heavy atom. The average Bonchev–Trinajstić information content (AvgIpc) is 2.60. The first-order valence-corrected chi connectivity index (χ1v) is 10.7. The molecule has 2 aromatic carbocycles. The van der Waals surface area contributed by atoms with Crippen LogP contribution in [0.2, 0.25) is 0 Å². The largest absolute Gasteiger partial charge is 0.454 e. The number of benzene rings is 2. The highest BCUT2D eigenvalue weighted by atomic mass is 32.2. The van der Waals surface area contributed by atoms with Gasteiger partial charge in [0.15, 0.2) is 21.4 Å². The molecule has 0 fully saturated rings. The Balaban J connectivity index is 2.18. The van der Waals surface area contributed by atoms with E-state index in [2.05, 4.69) is 0 Å². The minimum Gasteiger partial charge on any atom is -0.454 e. The van der Waals surface area contributed by atoms with Crippen molar-refractivity contribution in [3.8, 4) is 22.6 Å². The molecule has 0 bridgehead atoms. The van der Waals surface area contributed by atoms with E-state index in [-0.39, 0.29) is 22.8 Å². The Labute approximate surface area is 167 Å². The summed E-state index contributed by atoms with van der Waals surface area (Å²) >= 11 is 0. The van der Waals surface area contributed by atoms with Gasteiger partial charge >= 0.3 is 0 Å². The summed E-state index contributed by atoms with van der Waals surface area (Å²) in [7, 11) is -1.69. The van der Waals surface area contributed by atoms with Crippen LogP contribution in [0.3, 0.4) is 0 Å². The summed E-state index contributed by atoms with van der Waals surface area (Å²) in [6.07, 6.45) is 2.73. The van der Waals surface area contributed by atoms with Gasteiger partial charge in [-0.2, -0.15) is 0 Å². The van der Waals surface area contributed by atoms with Gasteiger partial charge in [-0.25, -0.2) is 17.2 Å². The molecule has 0 amide bonds. The summed E-state index contributed by atoms with van der Waals surface area (Å²) in [6, 6.07) is 9.14. The van der Waals surface area contributed by atoms with Gasteiger partial charge in [-0.3, -0.25) is 4.79 Å². The number of aromatic nitrogens is 1. The normalized spacial score (nSPS) is 11.5. The maximum absolute atomic E-state index is 14.1. The van der Waals surface area contributed by atoms with Crippen molar-refractivity contribution in [2.24, 2.45) is 7.05 Å². The van der Waals surface area contributed by atoms with Crippen molar-refractivity contribution in [3.05, 3.63) is 81.8 Å². The highest BCUT2D eigenvalue weighted by Crippen LogP contribution is 2.36. The number of hydrogen-bond donors (Lipinski definition) is 0. The molecule has 3 rings (SSSR count). The molecule has 0 unspecified atom stereocenters. The number of ether oxygens (including phenoxy) is 1. The molecule has 0 atom stereocenters. The second kappa shape index (κ2) is 7.79. The van der Waals surface area contributed by atoms with Crippen LogP contribution in [0.25, 0.3) is 11.1 Å². The topological polar surface area (TPSA) is 65.4 Å². The van der Waals surface area contributed by atoms with Gasteiger partial charge in [0.05, 0.1) is 5.75 Å². The highest BCUT2D eigenvalue weighted by molar-refractivity contribution is 7.89. The SMILES string of the molecule is Cc1cc(=O)n(C)cc1-c1cc(CS(C)(=O)=O)ccc1Oc1ccc(F)cc1F. The van der Waals surface area contributed by atoms with E-state index in [0.717, 1.165) is 12.3 Å². The van der Waals surface area contributed by atoms with Gasteiger partial charge in [-0.1, -0.05) is 6.07 Å². The van der Waals surface area contributed by atoms with Crippen molar-refractivity contribution in [1.29, 1.82) is 0 Å². The third kappa shape index (κ3) is 4.89. The fraction of sp³-hybridized carbons (Fsp3) is 0.190. The first-order valence-electron chi connectivity index (χ1n) is 8.65. The monoisotopic (exact) mass is 419 g/mol. The Bertz CT molecular complexity index is 1250. The summed E-state index contributed by atoms with van der Waals surface area (Å²) in [4.78, 5) is 11.9. The molecule has 0 aliphatic carbocycles. The molecule has 5 nitrogen and oxygen atoms in total. The van der Waals surface area contributed by atoms with Gasteiger partial charge in [-0.15, -0.1) is 0 Å². The molecule has 0 saturated heterocycles. The zero-order chi connectivity index (χ0) is 21.3. The third-order valence-electron chi connectivity index (χ3n) is 4.31. The first-order chi connectivity index (χ1) is 13.5. The van der Waals surface area contributed by atoms with E-state index in [1.165, 1.54) is 22.8 Å². The molecule has 0 aliphatic rings. The quantitative estimate of drug-likeness (QED) is 0.628. The summed E-state index contributed by atoms with van der Waals surface area (Å²) in [6.45, 7) is 1.74. The molecule has 152 valence electrons. The predicted octanol–water partition coefficient (Wildman–Crippen LogP) is 3.98. The Kier molecular flexibility index (Phi) is 5.57. The number of pyridine rings is 1. The lowest BCUT2D eigenvalue weighted by Crippen LogP contribution is -2.15. The van der Waals surface area contributed by atoms with Crippen molar-refractivity contribution >= 4 is 9.84 Å². The van der Waals surface area contributed by atoms with E-state index in [1.807, 2.05) is 0 Å². The minimum absolute atomic E-state index is 0.175. The van der Waals surface area contributed by atoms with E-state index in [0.29, 0.717) is 28.3 Å². The molecule has 3 aromatic rings. The van der Waals surface area contributed by atoms with E-state index in [9.17, 15) is 22.0 Å². The van der Waals surface area contributed by atoms with Gasteiger partial charge in [0.2, 0.25) is 0 Å². The smallest absolute Gasteiger partial charge is 0.250 e. The van der Waals surface area contributed by atoms with Gasteiger partial charge in [0.1, 0.15) is 11.6 Å². The Morgan fingerprint density at radius 2 is 1.69 bits per heavy atom. The molecule has 1 aromatic heterocycles. The van der Waals surface area contributed by atoms with Gasteiger partial charge in [0.25, 0.3) is 5.56 Å². The Morgan fingerprint density at radius 1 is 1.00 bits per heavy atom. The fourth-order valence-corrected chi connectivity index (χ4v) is 3.74. The molecule has 0 spiro atoms. The lowest BCUT2D eigenvalue weighted by molar-refractivity contribution is 0.439. The molecule has 8 heteroatoms. The van der Waals surface area contributed by atoms with Crippen LogP contribution in [0.4, 0.5) is 8.78 Å². The van der Waals surface area contributed by atoms with Crippen molar-refractivity contribution in [1.82, 2.24) is 4.57 Å². The zero-order valence-corrected chi connectivity index (χ0v) is 16.9. The van der Waals surface area contributed by atoms with Crippen LogP contribution in [0.1, 0.15) is 11.1 Å². The third-order valence-corrected chi connectivity index (χ3v) is 5.17. The molecule has 29 heavy (non-hydrogen) atoms. The standard InChI is InChI=1S/C21H19F2NO4S/c1-13-8-21(25)24(2)11-17(13)16-9-14(12-29(3,26)27)4-6-19(16)28-20-7-5-15(22)10-18(20)23/h4-11H,12H2,1-3H3. The average molecular weight is 419 g/mol. The van der Waals surface area contributed by atoms with Crippen LogP contribution in [-0.2, 0) is 22.6 Å². The van der Waals surface area contributed by atoms with Crippen LogP contribution in [0.5, 0.6) is 11.5 Å². The van der Waals surface area contributed by atoms with E-state index in [1.54, 1.807) is 32.3 Å². The molecule has 0 N–H and O–H groups in total. The van der Waals surface area contributed by atoms with E-state index >= 15 is 0 Å². The number of aryl methyl sites for hydroxylation is 2. The van der Waals surface area contributed by atoms with Crippen LogP contribution in [0, 0.1) is 18.6 Å². The Hall–Kier alpha value is -3.00. The number of rotatable bonds is 5. The van der Waals surface area contributed by atoms with Crippen LogP contribution >= 0.6 is 0 Å². The lowest BCUT2D eigenvalue weighted by atomic mass is 10.00. The van der Waals surface area contributed by atoms with Gasteiger partial charge in [-0.05, 0) is 42.3 Å². The van der Waals surface area contributed by atoms with Crippen molar-refractivity contribution in [3.63, 3.8) is 0 Å². The lowest BCUT2D eigenvalue weighted by Gasteiger charge is -2.16. The minimum atomic E-state index is -3.28. The first kappa shape index (κ1) is 20.7. The summed E-state index contributed by atoms with van der Waals surface area (Å²) in [5, 5.41) is 0. The predicted molar refractivity (Wildman–Crippen MR) is 107 cm³/mol. The van der Waals surface area contributed by atoms with Crippen LogP contribution < -0.4 is 10.3 Å². The molecule has 1 heterocycles. The van der Waals surface area contributed by atoms with Crippen molar-refractivity contribution < 1.29 is 21.9 Å². The molecule has 0 radical (unpaired) electrons. The second-order valence-corrected chi connectivity index (χ2v) is 9.04.